The second-order valence-corrected chi connectivity index (χ2v) is 9.47. The molecule has 0 radical (unpaired) electrons. The van der Waals surface area contributed by atoms with E-state index in [1.54, 1.807) is 0 Å². The molecule has 0 spiro atoms. The Morgan fingerprint density at radius 3 is 2.75 bits per heavy atom. The van der Waals surface area contributed by atoms with Crippen LogP contribution in [0.3, 0.4) is 0 Å². The summed E-state index contributed by atoms with van der Waals surface area (Å²) in [7, 11) is 0. The monoisotopic (exact) mass is 479 g/mol. The lowest BCUT2D eigenvalue weighted by molar-refractivity contribution is 0.306. The van der Waals surface area contributed by atoms with Crippen molar-refractivity contribution < 1.29 is 4.74 Å². The van der Waals surface area contributed by atoms with Gasteiger partial charge in [0.15, 0.2) is 0 Å². The van der Waals surface area contributed by atoms with Crippen LogP contribution in [-0.4, -0.2) is 24.5 Å². The zero-order valence-corrected chi connectivity index (χ0v) is 20.3. The van der Waals surface area contributed by atoms with Gasteiger partial charge in [0, 0.05) is 40.8 Å². The Balaban J connectivity index is 1.30. The molecule has 1 fully saturated rings. The number of hydrogen-bond donors (Lipinski definition) is 2. The summed E-state index contributed by atoms with van der Waals surface area (Å²) in [6.45, 7) is 2.44. The van der Waals surface area contributed by atoms with Crippen LogP contribution in [0.2, 0.25) is 0 Å². The number of rotatable bonds is 6. The first-order valence-corrected chi connectivity index (χ1v) is 12.5. The largest absolute Gasteiger partial charge is 0.489 e. The number of nitrogen functional groups attached to an aromatic ring is 2. The quantitative estimate of drug-likeness (QED) is 0.338. The van der Waals surface area contributed by atoms with Gasteiger partial charge in [-0.2, -0.15) is 0 Å². The van der Waals surface area contributed by atoms with Crippen LogP contribution in [-0.2, 0) is 13.0 Å². The molecule has 1 aliphatic rings. The SMILES string of the molecule is CCc1cc(N)c2ccc(OCc3cncc(-n4cc(C5CCCC5)c5c(N)ncnc54)c3)cc2n1. The average Bonchev–Trinajstić information content (AvgIpc) is 3.56. The van der Waals surface area contributed by atoms with Crippen molar-refractivity contribution in [3.8, 4) is 11.4 Å². The van der Waals surface area contributed by atoms with Crippen LogP contribution in [0.1, 0.15) is 55.3 Å². The topological polar surface area (TPSA) is 118 Å². The van der Waals surface area contributed by atoms with Crippen molar-refractivity contribution in [2.24, 2.45) is 0 Å². The van der Waals surface area contributed by atoms with Gasteiger partial charge < -0.3 is 16.2 Å². The number of fused-ring (bicyclic) bond motifs is 2. The predicted molar refractivity (Wildman–Crippen MR) is 142 cm³/mol. The molecule has 0 aliphatic heterocycles. The van der Waals surface area contributed by atoms with E-state index in [0.29, 0.717) is 18.3 Å². The van der Waals surface area contributed by atoms with Gasteiger partial charge in [0.05, 0.1) is 22.8 Å². The fourth-order valence-electron chi connectivity index (χ4n) is 5.27. The first-order valence-electron chi connectivity index (χ1n) is 12.5. The molecule has 1 saturated carbocycles. The summed E-state index contributed by atoms with van der Waals surface area (Å²) in [5.74, 6) is 1.76. The number of anilines is 2. The van der Waals surface area contributed by atoms with Crippen LogP contribution >= 0.6 is 0 Å². The smallest absolute Gasteiger partial charge is 0.150 e. The first kappa shape index (κ1) is 22.3. The number of nitrogens with zero attached hydrogens (tertiary/aromatic N) is 5. The van der Waals surface area contributed by atoms with E-state index < -0.39 is 0 Å². The molecule has 4 aromatic heterocycles. The van der Waals surface area contributed by atoms with E-state index in [1.807, 2.05) is 36.7 Å². The number of nitrogens with two attached hydrogens (primary N) is 2. The van der Waals surface area contributed by atoms with Crippen LogP contribution in [0, 0.1) is 0 Å². The molecule has 0 atom stereocenters. The molecule has 8 nitrogen and oxygen atoms in total. The van der Waals surface area contributed by atoms with Crippen molar-refractivity contribution in [1.29, 1.82) is 0 Å². The zero-order chi connectivity index (χ0) is 24.6. The second-order valence-electron chi connectivity index (χ2n) is 9.47. The van der Waals surface area contributed by atoms with E-state index in [0.717, 1.165) is 56.7 Å². The molecule has 4 N–H and O–H groups in total. The highest BCUT2D eigenvalue weighted by atomic mass is 16.5. The molecule has 0 unspecified atom stereocenters. The molecule has 4 heterocycles. The van der Waals surface area contributed by atoms with Gasteiger partial charge in [-0.05, 0) is 55.0 Å². The zero-order valence-electron chi connectivity index (χ0n) is 20.3. The Morgan fingerprint density at radius 2 is 1.92 bits per heavy atom. The minimum Gasteiger partial charge on any atom is -0.489 e. The third-order valence-electron chi connectivity index (χ3n) is 7.13. The van der Waals surface area contributed by atoms with Crippen LogP contribution in [0.25, 0.3) is 27.6 Å². The van der Waals surface area contributed by atoms with E-state index in [4.69, 9.17) is 21.2 Å². The Kier molecular flexibility index (Phi) is 5.64. The van der Waals surface area contributed by atoms with Gasteiger partial charge in [-0.15, -0.1) is 0 Å². The minimum atomic E-state index is 0.376. The van der Waals surface area contributed by atoms with Crippen LogP contribution in [0.15, 0.2) is 55.2 Å². The van der Waals surface area contributed by atoms with Crippen LogP contribution < -0.4 is 16.2 Å². The minimum absolute atomic E-state index is 0.376. The summed E-state index contributed by atoms with van der Waals surface area (Å²) in [4.78, 5) is 18.0. The van der Waals surface area contributed by atoms with E-state index in [-0.39, 0.29) is 0 Å². The first-order chi connectivity index (χ1) is 17.6. The van der Waals surface area contributed by atoms with E-state index in [2.05, 4.69) is 38.7 Å². The summed E-state index contributed by atoms with van der Waals surface area (Å²) in [6.07, 6.45) is 13.0. The van der Waals surface area contributed by atoms with Gasteiger partial charge >= 0.3 is 0 Å². The van der Waals surface area contributed by atoms with Gasteiger partial charge in [0.1, 0.15) is 30.1 Å². The van der Waals surface area contributed by atoms with E-state index in [9.17, 15) is 0 Å². The highest BCUT2D eigenvalue weighted by Gasteiger charge is 2.24. The molecule has 36 heavy (non-hydrogen) atoms. The molecule has 0 amide bonds. The molecule has 1 aliphatic carbocycles. The molecule has 0 saturated heterocycles. The van der Waals surface area contributed by atoms with Gasteiger partial charge in [-0.25, -0.2) is 9.97 Å². The Labute approximate surface area is 209 Å². The summed E-state index contributed by atoms with van der Waals surface area (Å²) >= 11 is 0. The summed E-state index contributed by atoms with van der Waals surface area (Å²) in [6, 6.07) is 9.84. The highest BCUT2D eigenvalue weighted by molar-refractivity contribution is 5.92. The number of hydrogen-bond acceptors (Lipinski definition) is 7. The predicted octanol–water partition coefficient (Wildman–Crippen LogP) is 5.33. The van der Waals surface area contributed by atoms with Crippen molar-refractivity contribution in [2.75, 3.05) is 11.5 Å². The highest BCUT2D eigenvalue weighted by Crippen LogP contribution is 2.40. The third kappa shape index (κ3) is 3.98. The lowest BCUT2D eigenvalue weighted by atomic mass is 9.98. The summed E-state index contributed by atoms with van der Waals surface area (Å²) in [5.41, 5.74) is 19.0. The van der Waals surface area contributed by atoms with E-state index >= 15 is 0 Å². The van der Waals surface area contributed by atoms with Gasteiger partial charge in [-0.3, -0.25) is 14.5 Å². The number of pyridine rings is 2. The normalized spacial score (nSPS) is 14.1. The summed E-state index contributed by atoms with van der Waals surface area (Å²) < 4.78 is 8.20. The Morgan fingerprint density at radius 1 is 1.06 bits per heavy atom. The average molecular weight is 480 g/mol. The lowest BCUT2D eigenvalue weighted by Crippen LogP contribution is -2.01. The van der Waals surface area contributed by atoms with Gasteiger partial charge in [0.25, 0.3) is 0 Å². The Hall–Kier alpha value is -4.20. The molecule has 182 valence electrons. The maximum atomic E-state index is 6.31. The molecule has 8 heteroatoms. The van der Waals surface area contributed by atoms with Crippen molar-refractivity contribution in [3.63, 3.8) is 0 Å². The Bertz CT molecular complexity index is 1570. The van der Waals surface area contributed by atoms with Gasteiger partial charge in [0.2, 0.25) is 0 Å². The lowest BCUT2D eigenvalue weighted by Gasteiger charge is -2.11. The standard InChI is InChI=1S/C28H29N7O/c1-2-19-10-24(29)22-8-7-21(11-25(22)34-19)36-15-17-9-20(13-31-12-17)35-14-23(18-5-3-4-6-18)26-27(30)32-16-33-28(26)35/h7-14,16,18H,2-6,15H2,1H3,(H2,29,34)(H2,30,32,33). The second kappa shape index (κ2) is 9.11. The van der Waals surface area contributed by atoms with Crippen molar-refractivity contribution in [3.05, 3.63) is 72.1 Å². The molecule has 5 aromatic rings. The van der Waals surface area contributed by atoms with Crippen molar-refractivity contribution >= 4 is 33.4 Å². The molecule has 0 bridgehead atoms. The van der Waals surface area contributed by atoms with Gasteiger partial charge in [-0.1, -0.05) is 19.8 Å². The van der Waals surface area contributed by atoms with Crippen molar-refractivity contribution in [2.45, 2.75) is 51.6 Å². The molecular weight excluding hydrogens is 450 g/mol. The van der Waals surface area contributed by atoms with Crippen molar-refractivity contribution in [1.82, 2.24) is 24.5 Å². The fraction of sp³-hybridized carbons (Fsp3) is 0.286. The maximum Gasteiger partial charge on any atom is 0.150 e. The maximum absolute atomic E-state index is 6.31. The van der Waals surface area contributed by atoms with E-state index in [1.165, 1.54) is 37.6 Å². The fourth-order valence-corrected chi connectivity index (χ4v) is 5.27. The number of aryl methyl sites for hydroxylation is 1. The van der Waals surface area contributed by atoms with Crippen LogP contribution in [0.4, 0.5) is 11.5 Å². The number of ether oxygens (including phenoxy) is 1. The molecule has 6 rings (SSSR count). The summed E-state index contributed by atoms with van der Waals surface area (Å²) in [5, 5.41) is 1.89. The molecular formula is C28H29N7O. The number of aromatic nitrogens is 5. The van der Waals surface area contributed by atoms with Crippen LogP contribution in [0.5, 0.6) is 5.75 Å². The third-order valence-corrected chi connectivity index (χ3v) is 7.13. The molecule has 1 aromatic carbocycles. The number of benzene rings is 1.